The number of nitrogens with zero attached hydrogens (tertiary/aromatic N) is 2. The first-order valence-electron chi connectivity index (χ1n) is 7.60. The minimum absolute atomic E-state index is 0.352. The first-order valence-corrected chi connectivity index (χ1v) is 7.60. The fraction of sp³-hybridized carbons (Fsp3) is 0.222. The lowest BCUT2D eigenvalue weighted by Crippen LogP contribution is -2.24. The van der Waals surface area contributed by atoms with Crippen LogP contribution in [-0.4, -0.2) is 34.6 Å². The van der Waals surface area contributed by atoms with Crippen LogP contribution in [0.2, 0.25) is 0 Å². The molecule has 2 N–H and O–H groups in total. The van der Waals surface area contributed by atoms with Crippen LogP contribution in [0, 0.1) is 0 Å². The average Bonchev–Trinajstić information content (AvgIpc) is 2.61. The number of aliphatic hydroxyl groups excluding tert-OH is 1. The summed E-state index contributed by atoms with van der Waals surface area (Å²) in [5.74, 6) is 1.14. The summed E-state index contributed by atoms with van der Waals surface area (Å²) in [6.07, 6.45) is -1.19. The number of benzene rings is 1. The van der Waals surface area contributed by atoms with Gasteiger partial charge in [-0.1, -0.05) is 6.07 Å². The van der Waals surface area contributed by atoms with Gasteiger partial charge in [0.25, 0.3) is 6.36 Å². The lowest BCUT2D eigenvalue weighted by molar-refractivity contribution is -0.0371. The van der Waals surface area contributed by atoms with Crippen LogP contribution in [0.15, 0.2) is 48.7 Å². The fourth-order valence-electron chi connectivity index (χ4n) is 2.26. The Balaban J connectivity index is 1.88. The van der Waals surface area contributed by atoms with Gasteiger partial charge in [-0.15, -0.1) is 0 Å². The van der Waals surface area contributed by atoms with Gasteiger partial charge >= 0.3 is 0 Å². The summed E-state index contributed by atoms with van der Waals surface area (Å²) in [6.45, 7) is 1.34. The van der Waals surface area contributed by atoms with E-state index in [2.05, 4.69) is 15.3 Å². The van der Waals surface area contributed by atoms with Crippen LogP contribution in [0.5, 0.6) is 5.75 Å². The van der Waals surface area contributed by atoms with Crippen LogP contribution < -0.4 is 10.1 Å². The molecular weight excluding hydrogens is 309 g/mol. The van der Waals surface area contributed by atoms with Gasteiger partial charge in [-0.05, 0) is 43.3 Å². The molecule has 124 valence electrons. The molecule has 0 radical (unpaired) electrons. The van der Waals surface area contributed by atoms with E-state index in [4.69, 9.17) is 4.74 Å². The third-order valence-electron chi connectivity index (χ3n) is 3.60. The summed E-state index contributed by atoms with van der Waals surface area (Å²) < 4.78 is 18.5. The van der Waals surface area contributed by atoms with Crippen molar-refractivity contribution in [3.8, 4) is 17.0 Å². The SMILES string of the molecule is CNc1ccc(-c2ccc3cc(OC(F)C(C)O)ccc3n2)cn1. The molecule has 3 aromatic rings. The normalized spacial score (nSPS) is 13.5. The van der Waals surface area contributed by atoms with Gasteiger partial charge in [0, 0.05) is 24.2 Å². The number of aromatic nitrogens is 2. The van der Waals surface area contributed by atoms with E-state index in [1.54, 1.807) is 24.4 Å². The molecule has 0 aliphatic rings. The standard InChI is InChI=1S/C18H18FN3O2/c1-11(23)18(19)24-14-5-7-15-12(9-14)3-6-16(22-15)13-4-8-17(20-2)21-10-13/h3-11,18,23H,1-2H3,(H,20,21). The van der Waals surface area contributed by atoms with Crippen LogP contribution in [0.4, 0.5) is 10.2 Å². The quantitative estimate of drug-likeness (QED) is 0.752. The number of halogens is 1. The Morgan fingerprint density at radius 2 is 2.00 bits per heavy atom. The number of fused-ring (bicyclic) bond motifs is 1. The fourth-order valence-corrected chi connectivity index (χ4v) is 2.26. The molecule has 0 amide bonds. The molecule has 0 spiro atoms. The summed E-state index contributed by atoms with van der Waals surface area (Å²) in [5.41, 5.74) is 2.48. The van der Waals surface area contributed by atoms with Gasteiger partial charge in [0.05, 0.1) is 11.2 Å². The molecule has 24 heavy (non-hydrogen) atoms. The van der Waals surface area contributed by atoms with Crippen LogP contribution in [0.1, 0.15) is 6.92 Å². The molecule has 0 bridgehead atoms. The summed E-state index contributed by atoms with van der Waals surface area (Å²) in [7, 11) is 1.81. The zero-order chi connectivity index (χ0) is 17.1. The van der Waals surface area contributed by atoms with E-state index in [0.717, 1.165) is 28.0 Å². The summed E-state index contributed by atoms with van der Waals surface area (Å²) in [5, 5.41) is 13.0. The zero-order valence-corrected chi connectivity index (χ0v) is 13.4. The van der Waals surface area contributed by atoms with Gasteiger partial charge in [0.2, 0.25) is 0 Å². The van der Waals surface area contributed by atoms with Crippen molar-refractivity contribution in [2.75, 3.05) is 12.4 Å². The molecule has 0 fully saturated rings. The maximum atomic E-state index is 13.5. The number of anilines is 1. The van der Waals surface area contributed by atoms with Crippen LogP contribution in [0.25, 0.3) is 22.2 Å². The highest BCUT2D eigenvalue weighted by Crippen LogP contribution is 2.25. The van der Waals surface area contributed by atoms with Crippen molar-refractivity contribution in [3.05, 3.63) is 48.7 Å². The molecule has 1 aromatic carbocycles. The number of ether oxygens (including phenoxy) is 1. The smallest absolute Gasteiger partial charge is 0.263 e. The highest BCUT2D eigenvalue weighted by Gasteiger charge is 2.15. The van der Waals surface area contributed by atoms with Gasteiger partial charge in [-0.25, -0.2) is 9.97 Å². The number of pyridine rings is 2. The van der Waals surface area contributed by atoms with Crippen molar-refractivity contribution in [2.45, 2.75) is 19.4 Å². The second-order valence-electron chi connectivity index (χ2n) is 5.44. The highest BCUT2D eigenvalue weighted by molar-refractivity contribution is 5.82. The van der Waals surface area contributed by atoms with E-state index in [0.29, 0.717) is 5.75 Å². The van der Waals surface area contributed by atoms with Crippen LogP contribution in [-0.2, 0) is 0 Å². The predicted molar refractivity (Wildman–Crippen MR) is 91.7 cm³/mol. The molecule has 5 nitrogen and oxygen atoms in total. The Morgan fingerprint density at radius 3 is 2.67 bits per heavy atom. The predicted octanol–water partition coefficient (Wildman–Crippen LogP) is 3.39. The minimum Gasteiger partial charge on any atom is -0.458 e. The van der Waals surface area contributed by atoms with Crippen molar-refractivity contribution >= 4 is 16.7 Å². The number of alkyl halides is 1. The molecule has 2 heterocycles. The lowest BCUT2D eigenvalue weighted by atomic mass is 10.1. The Hall–Kier alpha value is -2.73. The Bertz CT molecular complexity index is 837. The molecule has 6 heteroatoms. The zero-order valence-electron chi connectivity index (χ0n) is 13.4. The molecule has 2 atom stereocenters. The monoisotopic (exact) mass is 327 g/mol. The number of rotatable bonds is 5. The van der Waals surface area contributed by atoms with Gasteiger partial charge in [-0.2, -0.15) is 4.39 Å². The van der Waals surface area contributed by atoms with E-state index in [-0.39, 0.29) is 0 Å². The number of aliphatic hydroxyl groups is 1. The van der Waals surface area contributed by atoms with Crippen molar-refractivity contribution in [3.63, 3.8) is 0 Å². The van der Waals surface area contributed by atoms with Crippen LogP contribution in [0.3, 0.4) is 0 Å². The summed E-state index contributed by atoms with van der Waals surface area (Å²) in [6, 6.07) is 12.7. The van der Waals surface area contributed by atoms with E-state index < -0.39 is 12.5 Å². The van der Waals surface area contributed by atoms with E-state index in [1.807, 2.05) is 31.3 Å². The highest BCUT2D eigenvalue weighted by atomic mass is 19.1. The molecular formula is C18H18FN3O2. The largest absolute Gasteiger partial charge is 0.458 e. The van der Waals surface area contributed by atoms with E-state index in [1.165, 1.54) is 6.92 Å². The van der Waals surface area contributed by atoms with Crippen LogP contribution >= 0.6 is 0 Å². The number of hydrogen-bond donors (Lipinski definition) is 2. The third kappa shape index (κ3) is 3.44. The molecule has 2 unspecified atom stereocenters. The second-order valence-corrected chi connectivity index (χ2v) is 5.44. The maximum Gasteiger partial charge on any atom is 0.263 e. The molecule has 3 rings (SSSR count). The lowest BCUT2D eigenvalue weighted by Gasteiger charge is -2.14. The van der Waals surface area contributed by atoms with Crippen molar-refractivity contribution in [1.82, 2.24) is 9.97 Å². The second kappa shape index (κ2) is 6.80. The van der Waals surface area contributed by atoms with Gasteiger partial charge in [-0.3, -0.25) is 0 Å². The van der Waals surface area contributed by atoms with E-state index in [9.17, 15) is 9.50 Å². The third-order valence-corrected chi connectivity index (χ3v) is 3.60. The molecule has 0 aliphatic heterocycles. The molecule has 0 aliphatic carbocycles. The Labute approximate surface area is 139 Å². The van der Waals surface area contributed by atoms with Gasteiger partial charge in [0.15, 0.2) is 0 Å². The first kappa shape index (κ1) is 16.1. The topological polar surface area (TPSA) is 67.3 Å². The number of hydrogen-bond acceptors (Lipinski definition) is 5. The Kier molecular flexibility index (Phi) is 4.57. The molecule has 2 aromatic heterocycles. The van der Waals surface area contributed by atoms with Gasteiger partial charge in [0.1, 0.15) is 17.7 Å². The number of nitrogens with one attached hydrogen (secondary N) is 1. The average molecular weight is 327 g/mol. The molecule has 0 saturated carbocycles. The first-order chi connectivity index (χ1) is 11.6. The maximum absolute atomic E-state index is 13.5. The Morgan fingerprint density at radius 1 is 1.17 bits per heavy atom. The van der Waals surface area contributed by atoms with Gasteiger partial charge < -0.3 is 15.2 Å². The van der Waals surface area contributed by atoms with Crippen molar-refractivity contribution < 1.29 is 14.2 Å². The summed E-state index contributed by atoms with van der Waals surface area (Å²) in [4.78, 5) is 8.88. The minimum atomic E-state index is -1.76. The molecule has 0 saturated heterocycles. The van der Waals surface area contributed by atoms with Crippen molar-refractivity contribution in [1.29, 1.82) is 0 Å². The summed E-state index contributed by atoms with van der Waals surface area (Å²) >= 11 is 0. The van der Waals surface area contributed by atoms with E-state index >= 15 is 0 Å². The van der Waals surface area contributed by atoms with Crippen molar-refractivity contribution in [2.24, 2.45) is 0 Å².